The molecule has 0 saturated carbocycles. The van der Waals surface area contributed by atoms with Gasteiger partial charge in [-0.05, 0) is 13.8 Å². The fourth-order valence-corrected chi connectivity index (χ4v) is 3.01. The number of nitrogens with one attached hydrogen (secondary N) is 1. The molecule has 1 aromatic carbocycles. The Hall–Kier alpha value is -2.94. The third-order valence-corrected chi connectivity index (χ3v) is 4.55. The lowest BCUT2D eigenvalue weighted by Gasteiger charge is -2.35. The van der Waals surface area contributed by atoms with Gasteiger partial charge in [0.1, 0.15) is 6.04 Å². The van der Waals surface area contributed by atoms with Crippen LogP contribution in [0.3, 0.4) is 0 Å². The van der Waals surface area contributed by atoms with Crippen LogP contribution in [0.1, 0.15) is 18.4 Å². The molecule has 1 aromatic heterocycles. The molecule has 3 rings (SSSR count). The predicted molar refractivity (Wildman–Crippen MR) is 98.5 cm³/mol. The normalized spacial score (nSPS) is 16.1. The first-order chi connectivity index (χ1) is 12.9. The number of aryl methyl sites for hydroxylation is 1. The van der Waals surface area contributed by atoms with Gasteiger partial charge >= 0.3 is 6.03 Å². The van der Waals surface area contributed by atoms with Crippen LogP contribution < -0.4 is 11.1 Å². The van der Waals surface area contributed by atoms with Crippen molar-refractivity contribution in [3.63, 3.8) is 0 Å². The molecule has 1 saturated heterocycles. The molecule has 3 N–H and O–H groups in total. The van der Waals surface area contributed by atoms with Crippen LogP contribution in [0.25, 0.3) is 11.4 Å². The van der Waals surface area contributed by atoms with Gasteiger partial charge < -0.3 is 20.5 Å². The number of carbonyl (C=O) groups excluding carboxylic acids is 2. The number of nitrogens with zero attached hydrogens (tertiary/aromatic N) is 4. The van der Waals surface area contributed by atoms with Crippen molar-refractivity contribution in [3.8, 4) is 11.4 Å². The first-order valence-electron chi connectivity index (χ1n) is 8.89. The van der Waals surface area contributed by atoms with Gasteiger partial charge in [0.15, 0.2) is 0 Å². The van der Waals surface area contributed by atoms with Gasteiger partial charge in [0.05, 0.1) is 6.54 Å². The monoisotopic (exact) mass is 372 g/mol. The SMILES string of the molecule is Cc1ccc(-c2noc(CN3CCN(C(=O)C(C)NC(N)=O)CC3)n2)cc1. The Bertz CT molecular complexity index is 796. The van der Waals surface area contributed by atoms with Gasteiger partial charge in [-0.3, -0.25) is 9.69 Å². The van der Waals surface area contributed by atoms with Gasteiger partial charge in [0.2, 0.25) is 17.6 Å². The number of carbonyl (C=O) groups is 2. The van der Waals surface area contributed by atoms with Gasteiger partial charge in [-0.1, -0.05) is 35.0 Å². The number of hydrogen-bond donors (Lipinski definition) is 2. The number of rotatable bonds is 5. The van der Waals surface area contributed by atoms with Crippen molar-refractivity contribution in [1.29, 1.82) is 0 Å². The minimum Gasteiger partial charge on any atom is -0.352 e. The summed E-state index contributed by atoms with van der Waals surface area (Å²) in [6.45, 7) is 6.72. The maximum absolute atomic E-state index is 12.3. The van der Waals surface area contributed by atoms with Crippen LogP contribution >= 0.6 is 0 Å². The largest absolute Gasteiger partial charge is 0.352 e. The van der Waals surface area contributed by atoms with E-state index in [9.17, 15) is 9.59 Å². The van der Waals surface area contributed by atoms with E-state index in [4.69, 9.17) is 10.3 Å². The first kappa shape index (κ1) is 18.8. The Morgan fingerprint density at radius 1 is 1.22 bits per heavy atom. The van der Waals surface area contributed by atoms with Crippen LogP contribution in [0.2, 0.25) is 0 Å². The summed E-state index contributed by atoms with van der Waals surface area (Å²) in [6.07, 6.45) is 0. The third-order valence-electron chi connectivity index (χ3n) is 4.55. The summed E-state index contributed by atoms with van der Waals surface area (Å²) in [5.41, 5.74) is 7.16. The van der Waals surface area contributed by atoms with Crippen LogP contribution in [0.15, 0.2) is 28.8 Å². The molecule has 3 amide bonds. The predicted octanol–water partition coefficient (Wildman–Crippen LogP) is 0.746. The number of primary amides is 1. The molecular weight excluding hydrogens is 348 g/mol. The fourth-order valence-electron chi connectivity index (χ4n) is 3.01. The van der Waals surface area contributed by atoms with Crippen molar-refractivity contribution < 1.29 is 14.1 Å². The molecule has 2 heterocycles. The zero-order valence-corrected chi connectivity index (χ0v) is 15.5. The minimum atomic E-state index is -0.699. The number of hydrogen-bond acceptors (Lipinski definition) is 6. The van der Waals surface area contributed by atoms with E-state index in [0.717, 1.165) is 5.56 Å². The molecule has 9 nitrogen and oxygen atoms in total. The summed E-state index contributed by atoms with van der Waals surface area (Å²) >= 11 is 0. The van der Waals surface area contributed by atoms with Crippen molar-refractivity contribution >= 4 is 11.9 Å². The molecule has 0 radical (unpaired) electrons. The van der Waals surface area contributed by atoms with Gasteiger partial charge in [-0.25, -0.2) is 4.79 Å². The molecule has 27 heavy (non-hydrogen) atoms. The van der Waals surface area contributed by atoms with Crippen molar-refractivity contribution in [2.45, 2.75) is 26.4 Å². The summed E-state index contributed by atoms with van der Waals surface area (Å²) in [7, 11) is 0. The molecular formula is C18H24N6O3. The average Bonchev–Trinajstić information content (AvgIpc) is 3.10. The Balaban J connectivity index is 1.52. The van der Waals surface area contributed by atoms with Crippen LogP contribution in [0, 0.1) is 6.92 Å². The Labute approximate surface area is 157 Å². The standard InChI is InChI=1S/C18H24N6O3/c1-12-3-5-14(6-4-12)16-21-15(27-22-16)11-23-7-9-24(10-8-23)17(25)13(2)20-18(19)26/h3-6,13H,7-11H2,1-2H3,(H3,19,20,26). The first-order valence-corrected chi connectivity index (χ1v) is 8.89. The molecule has 1 fully saturated rings. The zero-order chi connectivity index (χ0) is 19.4. The second-order valence-corrected chi connectivity index (χ2v) is 6.71. The maximum Gasteiger partial charge on any atom is 0.312 e. The summed E-state index contributed by atoms with van der Waals surface area (Å²) in [5.74, 6) is 0.993. The Kier molecular flexibility index (Phi) is 5.70. The highest BCUT2D eigenvalue weighted by Gasteiger charge is 2.26. The highest BCUT2D eigenvalue weighted by molar-refractivity contribution is 5.86. The molecule has 1 aliphatic heterocycles. The van der Waals surface area contributed by atoms with Crippen LogP contribution in [0.4, 0.5) is 4.79 Å². The number of benzene rings is 1. The summed E-state index contributed by atoms with van der Waals surface area (Å²) in [5, 5.41) is 6.46. The number of piperazine rings is 1. The number of urea groups is 1. The zero-order valence-electron chi connectivity index (χ0n) is 15.5. The molecule has 0 aliphatic carbocycles. The molecule has 9 heteroatoms. The quantitative estimate of drug-likeness (QED) is 0.800. The number of aromatic nitrogens is 2. The van der Waals surface area contributed by atoms with Crippen molar-refractivity contribution in [2.24, 2.45) is 5.73 Å². The summed E-state index contributed by atoms with van der Waals surface area (Å²) in [6, 6.07) is 6.63. The Morgan fingerprint density at radius 3 is 2.52 bits per heavy atom. The van der Waals surface area contributed by atoms with E-state index in [1.807, 2.05) is 31.2 Å². The van der Waals surface area contributed by atoms with E-state index in [1.54, 1.807) is 11.8 Å². The maximum atomic E-state index is 12.3. The van der Waals surface area contributed by atoms with E-state index < -0.39 is 12.1 Å². The van der Waals surface area contributed by atoms with Gasteiger partial charge in [0, 0.05) is 31.7 Å². The topological polar surface area (TPSA) is 118 Å². The van der Waals surface area contributed by atoms with Crippen molar-refractivity contribution in [3.05, 3.63) is 35.7 Å². The van der Waals surface area contributed by atoms with Crippen LogP contribution in [-0.2, 0) is 11.3 Å². The van der Waals surface area contributed by atoms with Gasteiger partial charge in [-0.15, -0.1) is 0 Å². The molecule has 0 spiro atoms. The molecule has 1 atom stereocenters. The lowest BCUT2D eigenvalue weighted by atomic mass is 10.1. The Morgan fingerprint density at radius 2 is 1.89 bits per heavy atom. The molecule has 2 aromatic rings. The van der Waals surface area contributed by atoms with Crippen molar-refractivity contribution in [1.82, 2.24) is 25.3 Å². The van der Waals surface area contributed by atoms with E-state index >= 15 is 0 Å². The van der Waals surface area contributed by atoms with Gasteiger partial charge in [0.25, 0.3) is 0 Å². The fraction of sp³-hybridized carbons (Fsp3) is 0.444. The second-order valence-electron chi connectivity index (χ2n) is 6.71. The molecule has 144 valence electrons. The summed E-state index contributed by atoms with van der Waals surface area (Å²) < 4.78 is 5.36. The smallest absolute Gasteiger partial charge is 0.312 e. The highest BCUT2D eigenvalue weighted by Crippen LogP contribution is 2.17. The van der Waals surface area contributed by atoms with Gasteiger partial charge in [-0.2, -0.15) is 4.98 Å². The van der Waals surface area contributed by atoms with E-state index in [1.165, 1.54) is 5.56 Å². The lowest BCUT2D eigenvalue weighted by Crippen LogP contribution is -2.54. The third kappa shape index (κ3) is 4.82. The molecule has 1 aliphatic rings. The average molecular weight is 372 g/mol. The summed E-state index contributed by atoms with van der Waals surface area (Å²) in [4.78, 5) is 31.5. The second kappa shape index (κ2) is 8.17. The van der Waals surface area contributed by atoms with E-state index in [0.29, 0.717) is 44.4 Å². The van der Waals surface area contributed by atoms with Crippen LogP contribution in [-0.4, -0.2) is 64.1 Å². The van der Waals surface area contributed by atoms with Crippen LogP contribution in [0.5, 0.6) is 0 Å². The van der Waals surface area contributed by atoms with E-state index in [-0.39, 0.29) is 5.91 Å². The minimum absolute atomic E-state index is 0.132. The highest BCUT2D eigenvalue weighted by atomic mass is 16.5. The number of amides is 3. The lowest BCUT2D eigenvalue weighted by molar-refractivity contribution is -0.134. The van der Waals surface area contributed by atoms with Crippen molar-refractivity contribution in [2.75, 3.05) is 26.2 Å². The van der Waals surface area contributed by atoms with E-state index in [2.05, 4.69) is 20.4 Å². The number of nitrogens with two attached hydrogens (primary N) is 1. The molecule has 1 unspecified atom stereocenters. The molecule has 0 bridgehead atoms.